The van der Waals surface area contributed by atoms with Gasteiger partial charge >= 0.3 is 5.97 Å². The third-order valence-electron chi connectivity index (χ3n) is 2.95. The summed E-state index contributed by atoms with van der Waals surface area (Å²) >= 11 is 3.35. The number of hydrogen-bond donors (Lipinski definition) is 0. The number of hydrogen-bond acceptors (Lipinski definition) is 5. The molecular weight excluding hydrogens is 352 g/mol. The van der Waals surface area contributed by atoms with Gasteiger partial charge in [0.15, 0.2) is 11.5 Å². The van der Waals surface area contributed by atoms with Gasteiger partial charge in [-0.1, -0.05) is 12.1 Å². The monoisotopic (exact) mass is 366 g/mol. The van der Waals surface area contributed by atoms with Crippen LogP contribution in [-0.2, 0) is 0 Å². The molecule has 116 valence electrons. The second-order valence-corrected chi connectivity index (χ2v) is 5.03. The summed E-state index contributed by atoms with van der Waals surface area (Å²) in [4.78, 5) is 12.3. The number of methoxy groups -OCH3 is 3. The predicted octanol–water partition coefficient (Wildman–Crippen LogP) is 3.69. The fourth-order valence-electron chi connectivity index (χ4n) is 1.85. The predicted molar refractivity (Wildman–Crippen MR) is 85.2 cm³/mol. The summed E-state index contributed by atoms with van der Waals surface area (Å²) in [6.45, 7) is 0. The largest absolute Gasteiger partial charge is 0.495 e. The third kappa shape index (κ3) is 3.33. The molecule has 0 unspecified atom stereocenters. The minimum absolute atomic E-state index is 0.308. The van der Waals surface area contributed by atoms with Gasteiger partial charge in [0.1, 0.15) is 16.0 Å². The van der Waals surface area contributed by atoms with Gasteiger partial charge in [0.2, 0.25) is 0 Å². The second-order valence-electron chi connectivity index (χ2n) is 4.24. The molecule has 0 radical (unpaired) electrons. The molecule has 0 aliphatic rings. The molecule has 0 aliphatic carbocycles. The maximum Gasteiger partial charge on any atom is 0.343 e. The van der Waals surface area contributed by atoms with Gasteiger partial charge in [-0.2, -0.15) is 0 Å². The second kappa shape index (κ2) is 7.17. The normalized spacial score (nSPS) is 10.0. The molecule has 2 rings (SSSR count). The molecule has 0 spiro atoms. The van der Waals surface area contributed by atoms with E-state index in [-0.39, 0.29) is 0 Å². The smallest absolute Gasteiger partial charge is 0.343 e. The van der Waals surface area contributed by atoms with E-state index in [1.165, 1.54) is 21.3 Å². The van der Waals surface area contributed by atoms with Crippen LogP contribution in [0, 0.1) is 0 Å². The molecule has 0 amide bonds. The van der Waals surface area contributed by atoms with Gasteiger partial charge in [0.25, 0.3) is 0 Å². The minimum Gasteiger partial charge on any atom is -0.495 e. The summed E-state index contributed by atoms with van der Waals surface area (Å²) in [6, 6.07) is 10.1. The van der Waals surface area contributed by atoms with E-state index in [1.807, 2.05) is 0 Å². The van der Waals surface area contributed by atoms with Crippen molar-refractivity contribution in [2.45, 2.75) is 0 Å². The molecule has 2 aromatic rings. The van der Waals surface area contributed by atoms with Crippen LogP contribution in [0.1, 0.15) is 10.4 Å². The van der Waals surface area contributed by atoms with Crippen LogP contribution in [0.4, 0.5) is 0 Å². The number of ether oxygens (including phenoxy) is 4. The highest BCUT2D eigenvalue weighted by Gasteiger charge is 2.17. The summed E-state index contributed by atoms with van der Waals surface area (Å²) in [5.74, 6) is 1.24. The Morgan fingerprint density at radius 2 is 1.36 bits per heavy atom. The van der Waals surface area contributed by atoms with Crippen LogP contribution in [0.3, 0.4) is 0 Å². The summed E-state index contributed by atoms with van der Waals surface area (Å²) < 4.78 is 21.6. The van der Waals surface area contributed by atoms with Gasteiger partial charge in [-0.25, -0.2) is 4.79 Å². The van der Waals surface area contributed by atoms with Gasteiger partial charge in [-0.05, 0) is 40.2 Å². The fraction of sp³-hybridized carbons (Fsp3) is 0.188. The lowest BCUT2D eigenvalue weighted by Crippen LogP contribution is -2.10. The van der Waals surface area contributed by atoms with Crippen molar-refractivity contribution in [3.63, 3.8) is 0 Å². The van der Waals surface area contributed by atoms with E-state index in [1.54, 1.807) is 36.4 Å². The van der Waals surface area contributed by atoms with E-state index in [2.05, 4.69) is 15.9 Å². The molecule has 5 nitrogen and oxygen atoms in total. The molecule has 22 heavy (non-hydrogen) atoms. The van der Waals surface area contributed by atoms with Crippen molar-refractivity contribution in [1.29, 1.82) is 0 Å². The van der Waals surface area contributed by atoms with Crippen LogP contribution < -0.4 is 18.9 Å². The van der Waals surface area contributed by atoms with E-state index in [0.29, 0.717) is 33.0 Å². The Morgan fingerprint density at radius 1 is 0.864 bits per heavy atom. The zero-order valence-electron chi connectivity index (χ0n) is 12.4. The average molecular weight is 367 g/mol. The highest BCUT2D eigenvalue weighted by molar-refractivity contribution is 9.10. The topological polar surface area (TPSA) is 54.0 Å². The number of rotatable bonds is 5. The first-order valence-electron chi connectivity index (χ1n) is 6.37. The molecule has 0 aliphatic heterocycles. The molecule has 0 fully saturated rings. The van der Waals surface area contributed by atoms with E-state index < -0.39 is 5.97 Å². The Balaban J connectivity index is 2.33. The molecular formula is C16H15BrO5. The summed E-state index contributed by atoms with van der Waals surface area (Å²) in [6.07, 6.45) is 0. The summed E-state index contributed by atoms with van der Waals surface area (Å²) in [5.41, 5.74) is 0.308. The molecule has 0 aromatic heterocycles. The van der Waals surface area contributed by atoms with E-state index >= 15 is 0 Å². The van der Waals surface area contributed by atoms with Crippen LogP contribution in [0.2, 0.25) is 0 Å². The number of benzene rings is 2. The van der Waals surface area contributed by atoms with Crippen molar-refractivity contribution in [2.24, 2.45) is 0 Å². The Morgan fingerprint density at radius 3 is 1.86 bits per heavy atom. The number of halogens is 1. The van der Waals surface area contributed by atoms with E-state index in [9.17, 15) is 4.79 Å². The maximum absolute atomic E-state index is 12.3. The van der Waals surface area contributed by atoms with Crippen LogP contribution in [0.15, 0.2) is 40.9 Å². The summed E-state index contributed by atoms with van der Waals surface area (Å²) in [5, 5.41) is 0. The lowest BCUT2D eigenvalue weighted by molar-refractivity contribution is 0.0729. The van der Waals surface area contributed by atoms with Crippen LogP contribution in [0.5, 0.6) is 23.0 Å². The van der Waals surface area contributed by atoms with Gasteiger partial charge in [-0.15, -0.1) is 0 Å². The SMILES string of the molecule is COc1ccccc1OC(=O)c1cc(OC)c(Br)c(OC)c1. The molecule has 0 N–H and O–H groups in total. The quantitative estimate of drug-likeness (QED) is 0.596. The number of para-hydroxylation sites is 2. The molecule has 0 saturated carbocycles. The van der Waals surface area contributed by atoms with Crippen LogP contribution >= 0.6 is 15.9 Å². The van der Waals surface area contributed by atoms with Crippen LogP contribution in [0.25, 0.3) is 0 Å². The first-order chi connectivity index (χ1) is 10.6. The number of carbonyl (C=O) groups excluding carboxylic acids is 1. The molecule has 0 saturated heterocycles. The van der Waals surface area contributed by atoms with E-state index in [0.717, 1.165) is 0 Å². The molecule has 0 heterocycles. The molecule has 2 aromatic carbocycles. The lowest BCUT2D eigenvalue weighted by atomic mass is 10.2. The Bertz CT molecular complexity index is 659. The maximum atomic E-state index is 12.3. The first-order valence-corrected chi connectivity index (χ1v) is 7.16. The Hall–Kier alpha value is -2.21. The van der Waals surface area contributed by atoms with Crippen molar-refractivity contribution >= 4 is 21.9 Å². The Kier molecular flexibility index (Phi) is 5.27. The van der Waals surface area contributed by atoms with Crippen molar-refractivity contribution in [1.82, 2.24) is 0 Å². The average Bonchev–Trinajstić information content (AvgIpc) is 2.55. The third-order valence-corrected chi connectivity index (χ3v) is 3.73. The zero-order valence-corrected chi connectivity index (χ0v) is 14.0. The minimum atomic E-state index is -0.534. The lowest BCUT2D eigenvalue weighted by Gasteiger charge is -2.12. The van der Waals surface area contributed by atoms with Gasteiger partial charge in [0, 0.05) is 0 Å². The van der Waals surface area contributed by atoms with E-state index in [4.69, 9.17) is 18.9 Å². The van der Waals surface area contributed by atoms with Crippen molar-refractivity contribution in [2.75, 3.05) is 21.3 Å². The molecule has 0 bridgehead atoms. The summed E-state index contributed by atoms with van der Waals surface area (Å²) in [7, 11) is 4.53. The van der Waals surface area contributed by atoms with Crippen molar-refractivity contribution in [3.8, 4) is 23.0 Å². The fourth-order valence-corrected chi connectivity index (χ4v) is 2.40. The Labute approximate surface area is 136 Å². The highest BCUT2D eigenvalue weighted by atomic mass is 79.9. The van der Waals surface area contributed by atoms with Gasteiger partial charge in [-0.3, -0.25) is 0 Å². The van der Waals surface area contributed by atoms with Crippen molar-refractivity contribution < 1.29 is 23.7 Å². The number of esters is 1. The van der Waals surface area contributed by atoms with Gasteiger partial charge in [0.05, 0.1) is 26.9 Å². The van der Waals surface area contributed by atoms with Gasteiger partial charge < -0.3 is 18.9 Å². The first kappa shape index (κ1) is 16.2. The number of carbonyl (C=O) groups is 1. The van der Waals surface area contributed by atoms with Crippen molar-refractivity contribution in [3.05, 3.63) is 46.4 Å². The standard InChI is InChI=1S/C16H15BrO5/c1-19-11-6-4-5-7-12(11)22-16(18)10-8-13(20-2)15(17)14(9-10)21-3/h4-9H,1-3H3. The molecule has 0 atom stereocenters. The van der Waals surface area contributed by atoms with Crippen LogP contribution in [-0.4, -0.2) is 27.3 Å². The highest BCUT2D eigenvalue weighted by Crippen LogP contribution is 2.36. The zero-order chi connectivity index (χ0) is 16.1. The molecule has 6 heteroatoms.